The summed E-state index contributed by atoms with van der Waals surface area (Å²) >= 11 is 0. The van der Waals surface area contributed by atoms with E-state index in [1.165, 1.54) is 0 Å². The summed E-state index contributed by atoms with van der Waals surface area (Å²) in [5.74, 6) is -1.98. The number of benzene rings is 1. The summed E-state index contributed by atoms with van der Waals surface area (Å²) in [6.45, 7) is 17.2. The Bertz CT molecular complexity index is 1170. The Balaban J connectivity index is 1.78. The molecular weight excluding hydrogens is 542 g/mol. The number of amides is 3. The lowest BCUT2D eigenvalue weighted by atomic mass is 9.62. The van der Waals surface area contributed by atoms with E-state index in [1.807, 2.05) is 49.1 Å². The highest BCUT2D eigenvalue weighted by Gasteiger charge is 2.80. The number of anilines is 1. The molecule has 7 atom stereocenters. The number of hydrogen-bond donors (Lipinski definition) is 1. The second kappa shape index (κ2) is 13.8. The van der Waals surface area contributed by atoms with E-state index in [-0.39, 0.29) is 36.3 Å². The molecule has 3 aliphatic rings. The number of likely N-dealkylation sites (tertiary alicyclic amines) is 1. The van der Waals surface area contributed by atoms with Crippen molar-refractivity contribution in [1.82, 2.24) is 9.80 Å². The highest BCUT2D eigenvalue weighted by molar-refractivity contribution is 6.03. The molecule has 1 N–H and O–H groups in total. The van der Waals surface area contributed by atoms with Crippen LogP contribution in [0.2, 0.25) is 0 Å². The Kier molecular flexibility index (Phi) is 10.5. The Morgan fingerprint density at radius 3 is 2.42 bits per heavy atom. The highest BCUT2D eigenvalue weighted by Crippen LogP contribution is 2.65. The zero-order chi connectivity index (χ0) is 31.4. The summed E-state index contributed by atoms with van der Waals surface area (Å²) in [6.07, 6.45) is 8.84. The van der Waals surface area contributed by atoms with Crippen LogP contribution in [-0.4, -0.2) is 82.2 Å². The number of rotatable bonds is 16. The fourth-order valence-corrected chi connectivity index (χ4v) is 7.97. The number of para-hydroxylation sites is 1. The number of nitrogens with zero attached hydrogens (tertiary/aromatic N) is 3. The van der Waals surface area contributed by atoms with Crippen molar-refractivity contribution in [1.29, 1.82) is 0 Å². The van der Waals surface area contributed by atoms with Gasteiger partial charge in [0.05, 0.1) is 17.4 Å². The van der Waals surface area contributed by atoms with E-state index in [0.29, 0.717) is 38.9 Å². The van der Waals surface area contributed by atoms with Crippen molar-refractivity contribution < 1.29 is 24.2 Å². The molecule has 8 heteroatoms. The molecule has 0 saturated carbocycles. The normalized spacial score (nSPS) is 29.8. The van der Waals surface area contributed by atoms with Crippen molar-refractivity contribution >= 4 is 23.4 Å². The third-order valence-corrected chi connectivity index (χ3v) is 10.1. The average Bonchev–Trinajstić information content (AvgIpc) is 3.50. The van der Waals surface area contributed by atoms with Gasteiger partial charge in [-0.25, -0.2) is 0 Å². The van der Waals surface area contributed by atoms with Gasteiger partial charge in [-0.15, -0.1) is 13.2 Å². The molecular formula is C35H51N3O5. The first-order valence-electron chi connectivity index (χ1n) is 16.1. The smallest absolute Gasteiger partial charge is 0.248 e. The van der Waals surface area contributed by atoms with Crippen LogP contribution in [0.4, 0.5) is 5.69 Å². The van der Waals surface area contributed by atoms with E-state index in [0.717, 1.165) is 31.4 Å². The van der Waals surface area contributed by atoms with Crippen molar-refractivity contribution in [3.63, 3.8) is 0 Å². The minimum absolute atomic E-state index is 0.0299. The van der Waals surface area contributed by atoms with Gasteiger partial charge in [0, 0.05) is 38.0 Å². The summed E-state index contributed by atoms with van der Waals surface area (Å²) < 4.78 is 6.99. The first kappa shape index (κ1) is 32.9. The summed E-state index contributed by atoms with van der Waals surface area (Å²) in [5.41, 5.74) is -1.24. The molecule has 1 aromatic rings. The summed E-state index contributed by atoms with van der Waals surface area (Å²) in [5, 5.41) is 9.23. The van der Waals surface area contributed by atoms with Crippen LogP contribution in [0.25, 0.3) is 0 Å². The molecule has 3 fully saturated rings. The highest BCUT2D eigenvalue weighted by atomic mass is 16.5. The van der Waals surface area contributed by atoms with Crippen LogP contribution in [0.5, 0.6) is 0 Å². The van der Waals surface area contributed by atoms with Gasteiger partial charge < -0.3 is 24.5 Å². The number of fused-ring (bicyclic) bond motifs is 1. The van der Waals surface area contributed by atoms with E-state index in [9.17, 15) is 19.5 Å². The van der Waals surface area contributed by atoms with Crippen molar-refractivity contribution in [2.45, 2.75) is 95.9 Å². The van der Waals surface area contributed by atoms with Gasteiger partial charge in [0.1, 0.15) is 11.6 Å². The van der Waals surface area contributed by atoms with Crippen molar-refractivity contribution in [3.8, 4) is 0 Å². The Morgan fingerprint density at radius 1 is 1.12 bits per heavy atom. The van der Waals surface area contributed by atoms with Crippen LogP contribution in [0.3, 0.4) is 0 Å². The van der Waals surface area contributed by atoms with E-state index < -0.39 is 29.1 Å². The van der Waals surface area contributed by atoms with Gasteiger partial charge in [-0.2, -0.15) is 0 Å². The number of aliphatic hydroxyl groups excluding tert-OH is 1. The van der Waals surface area contributed by atoms with Gasteiger partial charge in [-0.1, -0.05) is 63.5 Å². The summed E-state index contributed by atoms with van der Waals surface area (Å²) in [6, 6.07) is 8.62. The third-order valence-electron chi connectivity index (χ3n) is 10.1. The largest absolute Gasteiger partial charge is 0.396 e. The Morgan fingerprint density at radius 2 is 1.79 bits per heavy atom. The Labute approximate surface area is 257 Å². The number of carbonyl (C=O) groups is 3. The molecule has 43 heavy (non-hydrogen) atoms. The maximum absolute atomic E-state index is 14.7. The molecule has 2 bridgehead atoms. The summed E-state index contributed by atoms with van der Waals surface area (Å²) in [7, 11) is 0. The molecule has 3 heterocycles. The molecule has 1 spiro atoms. The SMILES string of the molecule is C=CCN(C(=O)[C@H]1[C@H]2C(=O)N(CCCCCCO)C(C(=O)N(CC=C)C(C)CCC)C23CC(C)[C@]1(C)O3)c1ccccc1. The van der Waals surface area contributed by atoms with Crippen molar-refractivity contribution in [3.05, 3.63) is 55.6 Å². The standard InChI is InChI=1S/C35H51N3O5/c1-7-17-26(5)36(20-8-2)33(42)30-35-24-25(4)34(6,43-35)28(29(35)32(41)38(30)22-15-10-11-16-23-39)31(40)37(21-9-3)27-18-13-12-14-19-27/h8-9,12-14,18-19,25-26,28-30,39H,2-3,7,10-11,15-17,20-24H2,1,4-6H3/t25?,26?,28-,29+,30?,34+,35?/m1/s1. The third kappa shape index (κ3) is 5.80. The average molecular weight is 594 g/mol. The maximum Gasteiger partial charge on any atom is 0.248 e. The van der Waals surface area contributed by atoms with E-state index in [4.69, 9.17) is 4.74 Å². The zero-order valence-corrected chi connectivity index (χ0v) is 26.5. The maximum atomic E-state index is 14.7. The minimum Gasteiger partial charge on any atom is -0.396 e. The molecule has 4 rings (SSSR count). The molecule has 1 aromatic carbocycles. The quantitative estimate of drug-likeness (QED) is 0.216. The predicted molar refractivity (Wildman–Crippen MR) is 169 cm³/mol. The van der Waals surface area contributed by atoms with Crippen LogP contribution >= 0.6 is 0 Å². The second-order valence-corrected chi connectivity index (χ2v) is 12.9. The molecule has 3 aliphatic heterocycles. The fraction of sp³-hybridized carbons (Fsp3) is 0.629. The summed E-state index contributed by atoms with van der Waals surface area (Å²) in [4.78, 5) is 49.1. The number of aliphatic hydroxyl groups is 1. The number of carbonyl (C=O) groups excluding carboxylic acids is 3. The van der Waals surface area contributed by atoms with Crippen LogP contribution in [-0.2, 0) is 19.1 Å². The van der Waals surface area contributed by atoms with Gasteiger partial charge in [0.15, 0.2) is 0 Å². The van der Waals surface area contributed by atoms with E-state index in [2.05, 4.69) is 27.0 Å². The lowest BCUT2D eigenvalue weighted by molar-refractivity contribution is -0.153. The number of hydrogen-bond acceptors (Lipinski definition) is 5. The lowest BCUT2D eigenvalue weighted by Crippen LogP contribution is -2.58. The first-order valence-corrected chi connectivity index (χ1v) is 16.1. The molecule has 0 aliphatic carbocycles. The molecule has 3 saturated heterocycles. The first-order chi connectivity index (χ1) is 20.6. The molecule has 8 nitrogen and oxygen atoms in total. The monoisotopic (exact) mass is 593 g/mol. The van der Waals surface area contributed by atoms with Gasteiger partial charge in [-0.05, 0) is 57.6 Å². The van der Waals surface area contributed by atoms with Gasteiger partial charge >= 0.3 is 0 Å². The molecule has 0 aromatic heterocycles. The second-order valence-electron chi connectivity index (χ2n) is 12.9. The van der Waals surface area contributed by atoms with Gasteiger partial charge in [0.25, 0.3) is 0 Å². The van der Waals surface area contributed by atoms with Crippen LogP contribution in [0.15, 0.2) is 55.6 Å². The minimum atomic E-state index is -1.09. The van der Waals surface area contributed by atoms with Crippen molar-refractivity contribution in [2.24, 2.45) is 17.8 Å². The van der Waals surface area contributed by atoms with Crippen LogP contribution < -0.4 is 4.90 Å². The Hall–Kier alpha value is -2.97. The van der Waals surface area contributed by atoms with Gasteiger partial charge in [0.2, 0.25) is 17.7 Å². The van der Waals surface area contributed by atoms with E-state index in [1.54, 1.807) is 22.0 Å². The van der Waals surface area contributed by atoms with Crippen molar-refractivity contribution in [2.75, 3.05) is 31.1 Å². The van der Waals surface area contributed by atoms with Crippen LogP contribution in [0.1, 0.15) is 72.6 Å². The van der Waals surface area contributed by atoms with E-state index >= 15 is 0 Å². The van der Waals surface area contributed by atoms with Gasteiger partial charge in [-0.3, -0.25) is 14.4 Å². The van der Waals surface area contributed by atoms with Crippen LogP contribution in [0, 0.1) is 17.8 Å². The number of unbranched alkanes of at least 4 members (excludes halogenated alkanes) is 3. The number of ether oxygens (including phenoxy) is 1. The molecule has 3 amide bonds. The fourth-order valence-electron chi connectivity index (χ4n) is 7.97. The zero-order valence-electron chi connectivity index (χ0n) is 26.5. The molecule has 4 unspecified atom stereocenters. The topological polar surface area (TPSA) is 90.4 Å². The molecule has 0 radical (unpaired) electrons. The molecule has 236 valence electrons. The predicted octanol–water partition coefficient (Wildman–Crippen LogP) is 4.97. The lowest BCUT2D eigenvalue weighted by Gasteiger charge is -2.40.